The molecule has 1 N–H and O–H groups in total. The maximum Gasteiger partial charge on any atom is 0.152 e. The molecule has 0 amide bonds. The summed E-state index contributed by atoms with van der Waals surface area (Å²) in [6.07, 6.45) is 3.67. The van der Waals surface area contributed by atoms with E-state index in [1.54, 1.807) is 0 Å². The minimum absolute atomic E-state index is 0.0524. The Kier molecular flexibility index (Phi) is 4.99. The number of nitrogens with one attached hydrogen (secondary N) is 1. The lowest BCUT2D eigenvalue weighted by Gasteiger charge is -2.24. The molecule has 1 fully saturated rings. The first kappa shape index (κ1) is 15.3. The summed E-state index contributed by atoms with van der Waals surface area (Å²) in [6.45, 7) is 3.96. The van der Waals surface area contributed by atoms with Crippen LogP contribution >= 0.6 is 0 Å². The normalized spacial score (nSPS) is 21.0. The van der Waals surface area contributed by atoms with Gasteiger partial charge in [0.15, 0.2) is 9.84 Å². The predicted octanol–water partition coefficient (Wildman–Crippen LogP) is 1.20. The molecule has 0 aliphatic carbocycles. The van der Waals surface area contributed by atoms with Crippen molar-refractivity contribution >= 4 is 15.7 Å². The van der Waals surface area contributed by atoms with Crippen molar-refractivity contribution in [3.8, 4) is 0 Å². The number of nitrogens with zero attached hydrogens (tertiary/aromatic N) is 2. The first-order valence-electron chi connectivity index (χ1n) is 7.11. The molecule has 0 bridgehead atoms. The smallest absolute Gasteiger partial charge is 0.152 e. The third-order valence-corrected chi connectivity index (χ3v) is 5.43. The van der Waals surface area contributed by atoms with Gasteiger partial charge in [0.05, 0.1) is 11.5 Å². The number of pyridine rings is 1. The molecule has 1 aromatic heterocycles. The molecule has 1 aromatic rings. The molecule has 2 rings (SSSR count). The van der Waals surface area contributed by atoms with Gasteiger partial charge in [-0.2, -0.15) is 0 Å². The zero-order valence-corrected chi connectivity index (χ0v) is 13.0. The highest BCUT2D eigenvalue weighted by molar-refractivity contribution is 7.91. The lowest BCUT2D eigenvalue weighted by atomic mass is 10.2. The number of aromatic nitrogens is 1. The zero-order valence-electron chi connectivity index (χ0n) is 12.2. The summed E-state index contributed by atoms with van der Waals surface area (Å²) in [5.74, 6) is 1.37. The fourth-order valence-corrected chi connectivity index (χ4v) is 4.18. The van der Waals surface area contributed by atoms with Crippen LogP contribution in [0.15, 0.2) is 18.3 Å². The second-order valence-corrected chi connectivity index (χ2v) is 7.60. The lowest BCUT2D eigenvalue weighted by Crippen LogP contribution is -2.33. The summed E-state index contributed by atoms with van der Waals surface area (Å²) in [5.41, 5.74) is 1.15. The van der Waals surface area contributed by atoms with E-state index >= 15 is 0 Å². The van der Waals surface area contributed by atoms with Crippen LogP contribution in [0.2, 0.25) is 0 Å². The highest BCUT2D eigenvalue weighted by Crippen LogP contribution is 2.21. The van der Waals surface area contributed by atoms with Gasteiger partial charge >= 0.3 is 0 Å². The molecule has 0 aromatic carbocycles. The van der Waals surface area contributed by atoms with Crippen LogP contribution in [0.5, 0.6) is 0 Å². The van der Waals surface area contributed by atoms with E-state index in [2.05, 4.69) is 17.2 Å². The van der Waals surface area contributed by atoms with E-state index in [-0.39, 0.29) is 11.8 Å². The van der Waals surface area contributed by atoms with E-state index in [1.807, 2.05) is 30.3 Å². The molecule has 0 spiro atoms. The quantitative estimate of drug-likeness (QED) is 0.800. The van der Waals surface area contributed by atoms with Crippen LogP contribution in [-0.4, -0.2) is 44.5 Å². The van der Waals surface area contributed by atoms with Crippen molar-refractivity contribution < 1.29 is 8.42 Å². The first-order valence-corrected chi connectivity index (χ1v) is 8.93. The molecule has 20 heavy (non-hydrogen) atoms. The van der Waals surface area contributed by atoms with Crippen LogP contribution < -0.4 is 10.2 Å². The van der Waals surface area contributed by atoms with Gasteiger partial charge in [0.1, 0.15) is 5.82 Å². The van der Waals surface area contributed by atoms with E-state index in [4.69, 9.17) is 0 Å². The maximum absolute atomic E-state index is 11.5. The van der Waals surface area contributed by atoms with E-state index in [0.29, 0.717) is 12.2 Å². The van der Waals surface area contributed by atoms with E-state index in [1.165, 1.54) is 0 Å². The number of hydrogen-bond donors (Lipinski definition) is 1. The SMILES string of the molecule is CCCNCc1ccc(N(C)C2CCS(=O)(=O)C2)nc1. The Hall–Kier alpha value is -1.14. The van der Waals surface area contributed by atoms with Crippen LogP contribution in [0, 0.1) is 0 Å². The third kappa shape index (κ3) is 3.93. The van der Waals surface area contributed by atoms with Crippen molar-refractivity contribution in [2.45, 2.75) is 32.4 Å². The van der Waals surface area contributed by atoms with E-state index in [0.717, 1.165) is 30.9 Å². The molecule has 0 radical (unpaired) electrons. The van der Waals surface area contributed by atoms with Gasteiger partial charge in [-0.15, -0.1) is 0 Å². The lowest BCUT2D eigenvalue weighted by molar-refractivity contribution is 0.600. The predicted molar refractivity (Wildman–Crippen MR) is 81.7 cm³/mol. The van der Waals surface area contributed by atoms with Gasteiger partial charge in [-0.3, -0.25) is 0 Å². The van der Waals surface area contributed by atoms with Crippen LogP contribution in [0.25, 0.3) is 0 Å². The number of sulfone groups is 1. The van der Waals surface area contributed by atoms with Crippen molar-refractivity contribution in [3.63, 3.8) is 0 Å². The number of anilines is 1. The molecule has 0 saturated carbocycles. The summed E-state index contributed by atoms with van der Waals surface area (Å²) in [5, 5.41) is 3.33. The summed E-state index contributed by atoms with van der Waals surface area (Å²) >= 11 is 0. The van der Waals surface area contributed by atoms with Crippen molar-refractivity contribution in [2.24, 2.45) is 0 Å². The monoisotopic (exact) mass is 297 g/mol. The number of hydrogen-bond acceptors (Lipinski definition) is 5. The van der Waals surface area contributed by atoms with Gasteiger partial charge in [-0.05, 0) is 31.0 Å². The minimum Gasteiger partial charge on any atom is -0.356 e. The molecule has 112 valence electrons. The molecule has 1 saturated heterocycles. The third-order valence-electron chi connectivity index (χ3n) is 3.68. The number of rotatable bonds is 6. The summed E-state index contributed by atoms with van der Waals surface area (Å²) in [6, 6.07) is 4.07. The van der Waals surface area contributed by atoms with Crippen LogP contribution in [-0.2, 0) is 16.4 Å². The fourth-order valence-electron chi connectivity index (χ4n) is 2.41. The van der Waals surface area contributed by atoms with Crippen molar-refractivity contribution in [3.05, 3.63) is 23.9 Å². The first-order chi connectivity index (χ1) is 9.52. The Labute approximate surface area is 121 Å². The molecular formula is C14H23N3O2S. The molecule has 1 atom stereocenters. The van der Waals surface area contributed by atoms with Crippen LogP contribution in [0.4, 0.5) is 5.82 Å². The zero-order chi connectivity index (χ0) is 14.6. The van der Waals surface area contributed by atoms with Gasteiger partial charge in [-0.1, -0.05) is 13.0 Å². The summed E-state index contributed by atoms with van der Waals surface area (Å²) in [4.78, 5) is 6.42. The Bertz CT molecular complexity index is 528. The van der Waals surface area contributed by atoms with Gasteiger partial charge in [-0.25, -0.2) is 13.4 Å². The Morgan fingerprint density at radius 1 is 1.45 bits per heavy atom. The Morgan fingerprint density at radius 2 is 2.25 bits per heavy atom. The van der Waals surface area contributed by atoms with Crippen molar-refractivity contribution in [1.82, 2.24) is 10.3 Å². The average molecular weight is 297 g/mol. The highest BCUT2D eigenvalue weighted by Gasteiger charge is 2.31. The fraction of sp³-hybridized carbons (Fsp3) is 0.643. The van der Waals surface area contributed by atoms with Gasteiger partial charge < -0.3 is 10.2 Å². The van der Waals surface area contributed by atoms with E-state index in [9.17, 15) is 8.42 Å². The molecule has 5 nitrogen and oxygen atoms in total. The second-order valence-electron chi connectivity index (χ2n) is 5.37. The largest absolute Gasteiger partial charge is 0.356 e. The Balaban J connectivity index is 1.95. The Morgan fingerprint density at radius 3 is 2.80 bits per heavy atom. The minimum atomic E-state index is -2.85. The summed E-state index contributed by atoms with van der Waals surface area (Å²) in [7, 11) is -0.932. The molecule has 2 heterocycles. The molecule has 1 aliphatic heterocycles. The standard InChI is InChI=1S/C14H23N3O2S/c1-3-7-15-9-12-4-5-14(16-10-12)17(2)13-6-8-20(18,19)11-13/h4-5,10,13,15H,3,6-9,11H2,1-2H3. The topological polar surface area (TPSA) is 62.3 Å². The van der Waals surface area contributed by atoms with Crippen LogP contribution in [0.1, 0.15) is 25.3 Å². The molecule has 1 aliphatic rings. The second kappa shape index (κ2) is 6.54. The summed E-state index contributed by atoms with van der Waals surface area (Å²) < 4.78 is 23.0. The van der Waals surface area contributed by atoms with E-state index < -0.39 is 9.84 Å². The van der Waals surface area contributed by atoms with Gasteiger partial charge in [0.2, 0.25) is 0 Å². The van der Waals surface area contributed by atoms with Gasteiger partial charge in [0, 0.05) is 25.8 Å². The highest BCUT2D eigenvalue weighted by atomic mass is 32.2. The van der Waals surface area contributed by atoms with Gasteiger partial charge in [0.25, 0.3) is 0 Å². The van der Waals surface area contributed by atoms with Crippen molar-refractivity contribution in [1.29, 1.82) is 0 Å². The van der Waals surface area contributed by atoms with Crippen LogP contribution in [0.3, 0.4) is 0 Å². The molecular weight excluding hydrogens is 274 g/mol. The molecule has 6 heteroatoms. The maximum atomic E-state index is 11.5. The molecule has 1 unspecified atom stereocenters. The van der Waals surface area contributed by atoms with Crippen molar-refractivity contribution in [2.75, 3.05) is 30.0 Å². The average Bonchev–Trinajstić information content (AvgIpc) is 2.79.